The number of aromatic amines is 1. The zero-order chi connectivity index (χ0) is 18.7. The fourth-order valence-corrected chi connectivity index (χ4v) is 3.12. The fourth-order valence-electron chi connectivity index (χ4n) is 2.42. The summed E-state index contributed by atoms with van der Waals surface area (Å²) in [6.07, 6.45) is -2.81. The van der Waals surface area contributed by atoms with Crippen molar-refractivity contribution in [3.8, 4) is 5.75 Å². The van der Waals surface area contributed by atoms with Crippen molar-refractivity contribution in [3.63, 3.8) is 0 Å². The van der Waals surface area contributed by atoms with Crippen molar-refractivity contribution >= 4 is 8.25 Å². The van der Waals surface area contributed by atoms with Crippen LogP contribution in [0, 0.1) is 0 Å². The third-order valence-corrected chi connectivity index (χ3v) is 4.48. The minimum atomic E-state index is -3.14. The van der Waals surface area contributed by atoms with Gasteiger partial charge in [0, 0.05) is 18.7 Å². The molecule has 1 saturated heterocycles. The minimum Gasteiger partial charge on any atom is -0.426 e. The first-order chi connectivity index (χ1) is 12.4. The van der Waals surface area contributed by atoms with Crippen molar-refractivity contribution in [2.24, 2.45) is 0 Å². The van der Waals surface area contributed by atoms with Crippen molar-refractivity contribution in [1.29, 1.82) is 0 Å². The van der Waals surface area contributed by atoms with Crippen LogP contribution in [0.5, 0.6) is 5.75 Å². The Balaban J connectivity index is 1.63. The molecule has 26 heavy (non-hydrogen) atoms. The molecule has 0 amide bonds. The number of hydrogen-bond donors (Lipinski definition) is 1. The van der Waals surface area contributed by atoms with E-state index in [0.717, 1.165) is 16.8 Å². The molecule has 8 nitrogen and oxygen atoms in total. The average molecular weight is 388 g/mol. The first-order valence-corrected chi connectivity index (χ1v) is 8.82. The van der Waals surface area contributed by atoms with Crippen LogP contribution in [0.25, 0.3) is 0 Å². The Morgan fingerprint density at radius 2 is 2.04 bits per heavy atom. The van der Waals surface area contributed by atoms with E-state index in [9.17, 15) is 22.9 Å². The van der Waals surface area contributed by atoms with Crippen LogP contribution >= 0.6 is 8.25 Å². The molecule has 3 rings (SSSR count). The molecule has 140 valence electrons. The first-order valence-electron chi connectivity index (χ1n) is 7.59. The van der Waals surface area contributed by atoms with Crippen LogP contribution < -0.4 is 15.8 Å². The lowest BCUT2D eigenvalue weighted by atomic mass is 10.2. The summed E-state index contributed by atoms with van der Waals surface area (Å²) in [6, 6.07) is 9.09. The fraction of sp³-hybridized carbons (Fsp3) is 0.333. The lowest BCUT2D eigenvalue weighted by Gasteiger charge is -2.22. The molecule has 0 bridgehead atoms. The van der Waals surface area contributed by atoms with Crippen molar-refractivity contribution in [3.05, 3.63) is 63.4 Å². The molecule has 0 saturated carbocycles. The van der Waals surface area contributed by atoms with E-state index in [0.29, 0.717) is 0 Å². The van der Waals surface area contributed by atoms with Crippen LogP contribution in [0.3, 0.4) is 0 Å². The monoisotopic (exact) mass is 388 g/mol. The highest BCUT2D eigenvalue weighted by atomic mass is 31.1. The van der Waals surface area contributed by atoms with Crippen molar-refractivity contribution in [2.75, 3.05) is 6.61 Å². The molecular formula is C15H15F2N2O6P. The normalized spacial score (nSPS) is 26.5. The molecule has 2 aromatic rings. The Hall–Kier alpha value is -2.29. The maximum absolute atomic E-state index is 14.7. The first kappa shape index (κ1) is 18.5. The van der Waals surface area contributed by atoms with Gasteiger partial charge in [-0.3, -0.25) is 18.9 Å². The van der Waals surface area contributed by atoms with Gasteiger partial charge in [0.25, 0.3) is 11.4 Å². The molecule has 1 N–H and O–H groups in total. The van der Waals surface area contributed by atoms with Gasteiger partial charge in [-0.25, -0.2) is 18.1 Å². The summed E-state index contributed by atoms with van der Waals surface area (Å²) in [7, 11) is -3.14. The van der Waals surface area contributed by atoms with Crippen LogP contribution in [0.4, 0.5) is 8.78 Å². The quantitative estimate of drug-likeness (QED) is 0.760. The number of para-hydroxylation sites is 1. The topological polar surface area (TPSA) is 99.6 Å². The molecule has 1 unspecified atom stereocenters. The number of halogens is 2. The Labute approximate surface area is 146 Å². The molecule has 1 aromatic heterocycles. The highest BCUT2D eigenvalue weighted by Gasteiger charge is 2.52. The Morgan fingerprint density at radius 3 is 2.73 bits per heavy atom. The molecule has 2 heterocycles. The number of alkyl halides is 2. The molecule has 1 aromatic carbocycles. The van der Waals surface area contributed by atoms with Gasteiger partial charge in [-0.05, 0) is 12.1 Å². The standard InChI is InChI=1S/C15H15F2N2O6P/c16-11-8-13(19-7-6-12(20)18-14(19)21)24-15(11,17)9-23-26(22)25-10-4-2-1-3-5-10/h1-7,11,13,26H,8-9H2,(H,18,20,21)/t11-,13+,15+/m0/s1. The summed E-state index contributed by atoms with van der Waals surface area (Å²) in [4.78, 5) is 24.7. The second-order valence-corrected chi connectivity index (χ2v) is 6.53. The van der Waals surface area contributed by atoms with Crippen molar-refractivity contribution in [1.82, 2.24) is 9.55 Å². The number of aromatic nitrogens is 2. The lowest BCUT2D eigenvalue weighted by Crippen LogP contribution is -2.37. The predicted octanol–water partition coefficient (Wildman–Crippen LogP) is 1.94. The zero-order valence-electron chi connectivity index (χ0n) is 13.3. The van der Waals surface area contributed by atoms with Crippen LogP contribution in [0.1, 0.15) is 12.6 Å². The van der Waals surface area contributed by atoms with Gasteiger partial charge in [0.1, 0.15) is 18.6 Å². The van der Waals surface area contributed by atoms with Gasteiger partial charge in [-0.15, -0.1) is 0 Å². The van der Waals surface area contributed by atoms with E-state index < -0.39 is 50.8 Å². The zero-order valence-corrected chi connectivity index (χ0v) is 14.3. The van der Waals surface area contributed by atoms with Gasteiger partial charge in [-0.1, -0.05) is 18.2 Å². The van der Waals surface area contributed by atoms with Crippen LogP contribution in [-0.4, -0.2) is 28.2 Å². The smallest absolute Gasteiger partial charge is 0.368 e. The van der Waals surface area contributed by atoms with Crippen molar-refractivity contribution < 1.29 is 27.1 Å². The number of H-pyrrole nitrogens is 1. The van der Waals surface area contributed by atoms with Crippen LogP contribution in [0.2, 0.25) is 0 Å². The van der Waals surface area contributed by atoms with Crippen LogP contribution in [0.15, 0.2) is 52.2 Å². The molecule has 4 atom stereocenters. The minimum absolute atomic E-state index is 0.256. The highest BCUT2D eigenvalue weighted by molar-refractivity contribution is 7.33. The summed E-state index contributed by atoms with van der Waals surface area (Å²) in [5.41, 5.74) is -1.51. The summed E-state index contributed by atoms with van der Waals surface area (Å²) in [5, 5.41) is 0. The van der Waals surface area contributed by atoms with E-state index in [1.54, 1.807) is 18.2 Å². The van der Waals surface area contributed by atoms with Crippen molar-refractivity contribution in [2.45, 2.75) is 24.7 Å². The van der Waals surface area contributed by atoms with Gasteiger partial charge in [0.2, 0.25) is 0 Å². The SMILES string of the molecule is O=c1ccn([C@H]2C[C@H](F)[C@@](F)(CO[PH](=O)Oc3ccccc3)O2)c(=O)[nH]1. The maximum atomic E-state index is 14.7. The van der Waals surface area contributed by atoms with Gasteiger partial charge >= 0.3 is 13.9 Å². The number of rotatable bonds is 6. The number of ether oxygens (including phenoxy) is 1. The Bertz CT molecular complexity index is 905. The summed E-state index contributed by atoms with van der Waals surface area (Å²) in [6.45, 7) is -0.979. The molecule has 11 heteroatoms. The summed E-state index contributed by atoms with van der Waals surface area (Å²) >= 11 is 0. The molecule has 0 aliphatic carbocycles. The van der Waals surface area contributed by atoms with E-state index in [1.807, 2.05) is 4.98 Å². The van der Waals surface area contributed by atoms with Crippen LogP contribution in [-0.2, 0) is 13.8 Å². The second kappa shape index (κ2) is 7.53. The van der Waals surface area contributed by atoms with Gasteiger partial charge in [-0.2, -0.15) is 0 Å². The highest BCUT2D eigenvalue weighted by Crippen LogP contribution is 2.41. The lowest BCUT2D eigenvalue weighted by molar-refractivity contribution is -0.191. The molecule has 1 aliphatic heterocycles. The number of hydrogen-bond acceptors (Lipinski definition) is 6. The largest absolute Gasteiger partial charge is 0.426 e. The van der Waals surface area contributed by atoms with E-state index >= 15 is 0 Å². The van der Waals surface area contributed by atoms with Gasteiger partial charge < -0.3 is 9.26 Å². The van der Waals surface area contributed by atoms with E-state index in [1.165, 1.54) is 12.1 Å². The third kappa shape index (κ3) is 4.09. The predicted molar refractivity (Wildman–Crippen MR) is 86.8 cm³/mol. The maximum Gasteiger partial charge on any atom is 0.368 e. The average Bonchev–Trinajstić information content (AvgIpc) is 2.89. The van der Waals surface area contributed by atoms with E-state index in [2.05, 4.69) is 0 Å². The molecule has 1 aliphatic rings. The summed E-state index contributed by atoms with van der Waals surface area (Å²) < 4.78 is 56.1. The summed E-state index contributed by atoms with van der Waals surface area (Å²) in [5.74, 6) is -2.65. The number of benzene rings is 1. The molecular weight excluding hydrogens is 373 g/mol. The molecule has 1 fully saturated rings. The Morgan fingerprint density at radius 1 is 1.31 bits per heavy atom. The van der Waals surface area contributed by atoms with E-state index in [-0.39, 0.29) is 5.75 Å². The number of nitrogens with one attached hydrogen (secondary N) is 1. The third-order valence-electron chi connectivity index (χ3n) is 3.70. The number of nitrogens with zero attached hydrogens (tertiary/aromatic N) is 1. The second-order valence-electron chi connectivity index (χ2n) is 5.53. The molecule has 0 radical (unpaired) electrons. The molecule has 0 spiro atoms. The van der Waals surface area contributed by atoms with E-state index in [4.69, 9.17) is 13.8 Å². The van der Waals surface area contributed by atoms with Gasteiger partial charge in [0.05, 0.1) is 0 Å². The van der Waals surface area contributed by atoms with Gasteiger partial charge in [0.15, 0.2) is 6.17 Å². The Kier molecular flexibility index (Phi) is 5.36.